The zero-order chi connectivity index (χ0) is 23.1. The van der Waals surface area contributed by atoms with Crippen LogP contribution in [0.5, 0.6) is 11.5 Å². The minimum atomic E-state index is -0.135. The molecule has 172 valence electrons. The van der Waals surface area contributed by atoms with Gasteiger partial charge in [0.1, 0.15) is 22.2 Å². The van der Waals surface area contributed by atoms with E-state index in [1.54, 1.807) is 20.3 Å². The fraction of sp³-hybridized carbons (Fsp3) is 0.435. The van der Waals surface area contributed by atoms with Crippen LogP contribution in [0.1, 0.15) is 37.3 Å². The number of aromatic nitrogens is 3. The van der Waals surface area contributed by atoms with Crippen molar-refractivity contribution in [1.82, 2.24) is 15.0 Å². The number of unbranched alkanes of at least 4 members (excludes halogenated alkanes) is 1. The van der Waals surface area contributed by atoms with Gasteiger partial charge in [0.2, 0.25) is 5.95 Å². The lowest BCUT2D eigenvalue weighted by Gasteiger charge is -2.19. The first kappa shape index (κ1) is 23.8. The topological polar surface area (TPSA) is 101 Å². The van der Waals surface area contributed by atoms with Gasteiger partial charge in [0.15, 0.2) is 5.82 Å². The molecule has 3 aromatic rings. The third-order valence-electron chi connectivity index (χ3n) is 5.21. The molecule has 0 aliphatic carbocycles. The number of halogens is 1. The molecule has 0 amide bonds. The van der Waals surface area contributed by atoms with Crippen molar-refractivity contribution in [1.29, 1.82) is 0 Å². The van der Waals surface area contributed by atoms with E-state index in [-0.39, 0.29) is 12.6 Å². The van der Waals surface area contributed by atoms with E-state index in [1.807, 2.05) is 25.1 Å². The Labute approximate surface area is 193 Å². The van der Waals surface area contributed by atoms with E-state index in [0.717, 1.165) is 36.1 Å². The second kappa shape index (κ2) is 11.2. The van der Waals surface area contributed by atoms with Gasteiger partial charge in [-0.15, -0.1) is 0 Å². The van der Waals surface area contributed by atoms with E-state index in [4.69, 9.17) is 21.1 Å². The van der Waals surface area contributed by atoms with Gasteiger partial charge in [-0.25, -0.2) is 9.97 Å². The fourth-order valence-corrected chi connectivity index (χ4v) is 3.67. The van der Waals surface area contributed by atoms with Crippen LogP contribution in [-0.4, -0.2) is 46.9 Å². The molecule has 0 aliphatic rings. The number of hydrogen-bond acceptors (Lipinski definition) is 8. The lowest BCUT2D eigenvalue weighted by molar-refractivity contribution is 0.267. The molecule has 1 atom stereocenters. The summed E-state index contributed by atoms with van der Waals surface area (Å²) in [4.78, 5) is 13.8. The molecule has 32 heavy (non-hydrogen) atoms. The zero-order valence-electron chi connectivity index (χ0n) is 18.9. The van der Waals surface area contributed by atoms with Gasteiger partial charge in [-0.2, -0.15) is 4.98 Å². The maximum absolute atomic E-state index is 9.82. The van der Waals surface area contributed by atoms with Gasteiger partial charge in [0.05, 0.1) is 32.4 Å². The van der Waals surface area contributed by atoms with Crippen molar-refractivity contribution >= 4 is 34.4 Å². The lowest BCUT2D eigenvalue weighted by Crippen LogP contribution is -2.25. The van der Waals surface area contributed by atoms with Crippen LogP contribution in [0.25, 0.3) is 11.0 Å². The second-order valence-electron chi connectivity index (χ2n) is 7.55. The van der Waals surface area contributed by atoms with Gasteiger partial charge in [-0.05, 0) is 37.1 Å². The maximum Gasteiger partial charge on any atom is 0.225 e. The largest absolute Gasteiger partial charge is 0.497 e. The van der Waals surface area contributed by atoms with Crippen molar-refractivity contribution in [2.24, 2.45) is 0 Å². The molecule has 3 N–H and O–H groups in total. The van der Waals surface area contributed by atoms with Crippen LogP contribution < -0.4 is 20.1 Å². The summed E-state index contributed by atoms with van der Waals surface area (Å²) in [5, 5.41) is 16.8. The van der Waals surface area contributed by atoms with E-state index >= 15 is 0 Å². The minimum Gasteiger partial charge on any atom is -0.497 e. The summed E-state index contributed by atoms with van der Waals surface area (Å²) in [6.45, 7) is 4.51. The van der Waals surface area contributed by atoms with Crippen LogP contribution in [-0.2, 0) is 6.54 Å². The number of nitrogens with one attached hydrogen (secondary N) is 2. The monoisotopic (exact) mass is 459 g/mol. The minimum absolute atomic E-state index is 0.00312. The van der Waals surface area contributed by atoms with E-state index in [1.165, 1.54) is 0 Å². The number of benzene rings is 1. The standard InChI is InChI=1S/C23H30ClN5O3/c1-5-6-7-16(13-30)26-22-21-20(14(2)10-19(24)27-21)28-23(29-22)25-12-15-8-9-17(31-3)11-18(15)32-4/h8-11,16,30H,5-7,12-13H2,1-4H3,(H2,25,26,28,29). The van der Waals surface area contributed by atoms with Crippen molar-refractivity contribution in [2.45, 2.75) is 45.7 Å². The van der Waals surface area contributed by atoms with Gasteiger partial charge in [0, 0.05) is 18.2 Å². The maximum atomic E-state index is 9.82. The smallest absolute Gasteiger partial charge is 0.225 e. The highest BCUT2D eigenvalue weighted by molar-refractivity contribution is 6.30. The number of hydrogen-bond donors (Lipinski definition) is 3. The van der Waals surface area contributed by atoms with Crippen LogP contribution in [0.3, 0.4) is 0 Å². The summed E-state index contributed by atoms with van der Waals surface area (Å²) >= 11 is 6.21. The number of aliphatic hydroxyl groups excluding tert-OH is 1. The number of pyridine rings is 1. The Bertz CT molecular complexity index is 1060. The van der Waals surface area contributed by atoms with Crippen LogP contribution in [0.15, 0.2) is 24.3 Å². The van der Waals surface area contributed by atoms with Gasteiger partial charge in [-0.1, -0.05) is 31.4 Å². The predicted molar refractivity (Wildman–Crippen MR) is 128 cm³/mol. The van der Waals surface area contributed by atoms with Gasteiger partial charge in [-0.3, -0.25) is 0 Å². The summed E-state index contributed by atoms with van der Waals surface area (Å²) in [7, 11) is 3.24. The Morgan fingerprint density at radius 3 is 2.59 bits per heavy atom. The molecule has 3 rings (SSSR count). The molecule has 1 unspecified atom stereocenters. The third kappa shape index (κ3) is 5.69. The average molecular weight is 460 g/mol. The van der Waals surface area contributed by atoms with Crippen LogP contribution in [0.4, 0.5) is 11.8 Å². The average Bonchev–Trinajstić information content (AvgIpc) is 2.80. The molecule has 9 heteroatoms. The summed E-state index contributed by atoms with van der Waals surface area (Å²) in [5.74, 6) is 2.41. The molecule has 0 aliphatic heterocycles. The summed E-state index contributed by atoms with van der Waals surface area (Å²) < 4.78 is 10.7. The lowest BCUT2D eigenvalue weighted by atomic mass is 10.1. The summed E-state index contributed by atoms with van der Waals surface area (Å²) in [6, 6.07) is 7.29. The van der Waals surface area contributed by atoms with Crippen molar-refractivity contribution in [3.05, 3.63) is 40.5 Å². The zero-order valence-corrected chi connectivity index (χ0v) is 19.7. The Kier molecular flexibility index (Phi) is 8.30. The van der Waals surface area contributed by atoms with Gasteiger partial charge < -0.3 is 25.2 Å². The van der Waals surface area contributed by atoms with E-state index in [9.17, 15) is 5.11 Å². The number of aryl methyl sites for hydroxylation is 1. The second-order valence-corrected chi connectivity index (χ2v) is 7.94. The first-order chi connectivity index (χ1) is 15.5. The molecule has 0 radical (unpaired) electrons. The number of nitrogens with zero attached hydrogens (tertiary/aromatic N) is 3. The number of aliphatic hydroxyl groups is 1. The first-order valence-corrected chi connectivity index (χ1v) is 11.0. The Morgan fingerprint density at radius 1 is 1.09 bits per heavy atom. The SMILES string of the molecule is CCCCC(CO)Nc1nc(NCc2ccc(OC)cc2OC)nc2c(C)cc(Cl)nc12. The van der Waals surface area contributed by atoms with Crippen LogP contribution in [0, 0.1) is 6.92 Å². The van der Waals surface area contributed by atoms with Crippen molar-refractivity contribution in [3.63, 3.8) is 0 Å². The highest BCUT2D eigenvalue weighted by Crippen LogP contribution is 2.28. The molecule has 0 fully saturated rings. The van der Waals surface area contributed by atoms with Crippen molar-refractivity contribution in [2.75, 3.05) is 31.5 Å². The first-order valence-electron chi connectivity index (χ1n) is 10.7. The Balaban J connectivity index is 1.93. The Morgan fingerprint density at radius 2 is 1.91 bits per heavy atom. The molecule has 0 bridgehead atoms. The Hall–Kier alpha value is -2.84. The van der Waals surface area contributed by atoms with Crippen LogP contribution >= 0.6 is 11.6 Å². The van der Waals surface area contributed by atoms with E-state index in [0.29, 0.717) is 40.2 Å². The highest BCUT2D eigenvalue weighted by atomic mass is 35.5. The molecule has 0 saturated carbocycles. The molecular weight excluding hydrogens is 430 g/mol. The van der Waals surface area contributed by atoms with E-state index in [2.05, 4.69) is 32.5 Å². The van der Waals surface area contributed by atoms with Crippen molar-refractivity contribution in [3.8, 4) is 11.5 Å². The predicted octanol–water partition coefficient (Wildman–Crippen LogP) is 4.58. The molecule has 0 saturated heterocycles. The summed E-state index contributed by atoms with van der Waals surface area (Å²) in [6.07, 6.45) is 2.86. The number of fused-ring (bicyclic) bond motifs is 1. The third-order valence-corrected chi connectivity index (χ3v) is 5.40. The highest BCUT2D eigenvalue weighted by Gasteiger charge is 2.16. The normalized spacial score (nSPS) is 11.9. The van der Waals surface area contributed by atoms with Gasteiger partial charge >= 0.3 is 0 Å². The van der Waals surface area contributed by atoms with Crippen molar-refractivity contribution < 1.29 is 14.6 Å². The molecule has 2 heterocycles. The van der Waals surface area contributed by atoms with E-state index < -0.39 is 0 Å². The number of rotatable bonds is 11. The molecule has 1 aromatic carbocycles. The molecular formula is C23H30ClN5O3. The molecule has 8 nitrogen and oxygen atoms in total. The number of ether oxygens (including phenoxy) is 2. The molecule has 0 spiro atoms. The quantitative estimate of drug-likeness (QED) is 0.358. The molecule has 2 aromatic heterocycles. The fourth-order valence-electron chi connectivity index (χ4n) is 3.43. The number of anilines is 2. The number of methoxy groups -OCH3 is 2. The van der Waals surface area contributed by atoms with Crippen LogP contribution in [0.2, 0.25) is 5.15 Å². The summed E-state index contributed by atoms with van der Waals surface area (Å²) in [5.41, 5.74) is 3.11. The van der Waals surface area contributed by atoms with Gasteiger partial charge in [0.25, 0.3) is 0 Å².